The molecule has 0 atom stereocenters. The number of benzene rings is 1. The lowest BCUT2D eigenvalue weighted by Crippen LogP contribution is -2.42. The Morgan fingerprint density at radius 3 is 2.65 bits per heavy atom. The second kappa shape index (κ2) is 5.59. The monoisotopic (exact) mass is 300 g/mol. The summed E-state index contributed by atoms with van der Waals surface area (Å²) < 4.78 is 28.4. The van der Waals surface area contributed by atoms with Crippen molar-refractivity contribution in [2.75, 3.05) is 37.1 Å². The maximum absolute atomic E-state index is 11.6. The zero-order valence-corrected chi connectivity index (χ0v) is 12.2. The molecule has 1 fully saturated rings. The minimum Gasteiger partial charge on any atom is -0.396 e. The molecule has 2 rings (SSSR count). The number of para-hydroxylation sites is 1. The van der Waals surface area contributed by atoms with Crippen molar-refractivity contribution >= 4 is 21.2 Å². The molecule has 6 nitrogen and oxygen atoms in total. The highest BCUT2D eigenvalue weighted by atomic mass is 32.2. The van der Waals surface area contributed by atoms with Crippen LogP contribution in [0.15, 0.2) is 23.1 Å². The Hall–Kier alpha value is -1.31. The number of nitrogens with two attached hydrogens (primary N) is 1. The van der Waals surface area contributed by atoms with Gasteiger partial charge in [-0.2, -0.15) is 0 Å². The smallest absolute Gasteiger partial charge is 0.177 e. The van der Waals surface area contributed by atoms with Crippen molar-refractivity contribution in [3.63, 3.8) is 0 Å². The first-order valence-electron chi connectivity index (χ1n) is 6.44. The molecule has 7 heteroatoms. The number of anilines is 2. The fourth-order valence-corrected chi connectivity index (χ4v) is 3.04. The molecule has 0 saturated carbocycles. The van der Waals surface area contributed by atoms with Gasteiger partial charge >= 0.3 is 0 Å². The number of nitrogen functional groups attached to an aromatic ring is 1. The molecule has 0 radical (unpaired) electrons. The molecule has 4 N–H and O–H groups in total. The molecule has 0 aromatic heterocycles. The third kappa shape index (κ3) is 3.41. The van der Waals surface area contributed by atoms with Crippen LogP contribution in [0, 0.1) is 0 Å². The molecule has 1 aliphatic rings. The highest BCUT2D eigenvalue weighted by Crippen LogP contribution is 2.28. The second-order valence-corrected chi connectivity index (χ2v) is 7.16. The maximum atomic E-state index is 11.6. The van der Waals surface area contributed by atoms with Crippen molar-refractivity contribution in [1.29, 1.82) is 0 Å². The molecular formula is C13H20N2O4S. The fourth-order valence-electron chi connectivity index (χ4n) is 2.21. The van der Waals surface area contributed by atoms with E-state index in [0.717, 1.165) is 6.26 Å². The van der Waals surface area contributed by atoms with Crippen molar-refractivity contribution in [1.82, 2.24) is 0 Å². The van der Waals surface area contributed by atoms with Gasteiger partial charge in [-0.1, -0.05) is 6.07 Å². The quantitative estimate of drug-likeness (QED) is 0.705. The summed E-state index contributed by atoms with van der Waals surface area (Å²) >= 11 is 0. The van der Waals surface area contributed by atoms with Gasteiger partial charge in [0.05, 0.1) is 21.9 Å². The summed E-state index contributed by atoms with van der Waals surface area (Å²) in [5.74, 6) is 0. The molecule has 0 spiro atoms. The van der Waals surface area contributed by atoms with Crippen molar-refractivity contribution in [3.8, 4) is 0 Å². The molecule has 0 amide bonds. The van der Waals surface area contributed by atoms with Crippen molar-refractivity contribution < 1.29 is 18.3 Å². The zero-order chi connectivity index (χ0) is 14.8. The van der Waals surface area contributed by atoms with Crippen LogP contribution in [0.25, 0.3) is 0 Å². The Bertz CT molecular complexity index is 580. The first-order valence-corrected chi connectivity index (χ1v) is 8.33. The Labute approximate surface area is 118 Å². The Morgan fingerprint density at radius 1 is 1.40 bits per heavy atom. The summed E-state index contributed by atoms with van der Waals surface area (Å²) in [4.78, 5) is 0.0986. The van der Waals surface area contributed by atoms with Gasteiger partial charge in [0, 0.05) is 38.9 Å². The van der Waals surface area contributed by atoms with Crippen LogP contribution in [0.2, 0.25) is 0 Å². The lowest BCUT2D eigenvalue weighted by Gasteiger charge is -2.32. The maximum Gasteiger partial charge on any atom is 0.177 e. The summed E-state index contributed by atoms with van der Waals surface area (Å²) in [5, 5.41) is 13.4. The summed E-state index contributed by atoms with van der Waals surface area (Å²) in [7, 11) is -3.36. The van der Waals surface area contributed by atoms with Crippen molar-refractivity contribution in [3.05, 3.63) is 18.2 Å². The molecule has 0 bridgehead atoms. The molecule has 1 saturated heterocycles. The Kier molecular flexibility index (Phi) is 4.22. The summed E-state index contributed by atoms with van der Waals surface area (Å²) in [5.41, 5.74) is 5.75. The van der Waals surface area contributed by atoms with Crippen LogP contribution in [0.5, 0.6) is 0 Å². The molecular weight excluding hydrogens is 280 g/mol. The van der Waals surface area contributed by atoms with E-state index in [9.17, 15) is 13.5 Å². The zero-order valence-electron chi connectivity index (χ0n) is 11.4. The molecule has 112 valence electrons. The first-order chi connectivity index (χ1) is 9.32. The van der Waals surface area contributed by atoms with Crippen LogP contribution in [0.3, 0.4) is 0 Å². The Balaban J connectivity index is 2.14. The number of hydrogen-bond donors (Lipinski definition) is 3. The average molecular weight is 300 g/mol. The molecule has 0 unspecified atom stereocenters. The van der Waals surface area contributed by atoms with Crippen molar-refractivity contribution in [2.45, 2.75) is 23.3 Å². The fraction of sp³-hybridized carbons (Fsp3) is 0.538. The SMILES string of the molecule is CS(=O)(=O)c1cccc(NCC2(O)CCOCC2)c1N. The van der Waals surface area contributed by atoms with E-state index in [1.54, 1.807) is 12.1 Å². The average Bonchev–Trinajstić information content (AvgIpc) is 2.37. The lowest BCUT2D eigenvalue weighted by molar-refractivity contribution is -0.0543. The number of rotatable bonds is 4. The third-order valence-electron chi connectivity index (χ3n) is 3.50. The summed E-state index contributed by atoms with van der Waals surface area (Å²) in [6, 6.07) is 4.80. The van der Waals surface area contributed by atoms with Crippen LogP contribution >= 0.6 is 0 Å². The Morgan fingerprint density at radius 2 is 2.05 bits per heavy atom. The van der Waals surface area contributed by atoms with Gasteiger partial charge in [-0.25, -0.2) is 8.42 Å². The van der Waals surface area contributed by atoms with Crippen molar-refractivity contribution in [2.24, 2.45) is 0 Å². The van der Waals surface area contributed by atoms with Crippen LogP contribution < -0.4 is 11.1 Å². The molecule has 0 aliphatic carbocycles. The molecule has 1 aromatic carbocycles. The van der Waals surface area contributed by atoms with Gasteiger partial charge in [0.25, 0.3) is 0 Å². The van der Waals surface area contributed by atoms with E-state index in [-0.39, 0.29) is 10.6 Å². The van der Waals surface area contributed by atoms with E-state index in [4.69, 9.17) is 10.5 Å². The van der Waals surface area contributed by atoms with Gasteiger partial charge in [-0.05, 0) is 12.1 Å². The van der Waals surface area contributed by atoms with E-state index >= 15 is 0 Å². The number of ether oxygens (including phenoxy) is 1. The minimum atomic E-state index is -3.36. The number of hydrogen-bond acceptors (Lipinski definition) is 6. The molecule has 1 aliphatic heterocycles. The standard InChI is InChI=1S/C13H20N2O4S/c1-20(17,18)11-4-2-3-10(12(11)14)15-9-13(16)5-7-19-8-6-13/h2-4,15-16H,5-9,14H2,1H3. The summed E-state index contributed by atoms with van der Waals surface area (Å²) in [6.45, 7) is 1.36. The van der Waals surface area contributed by atoms with Gasteiger partial charge in [-0.3, -0.25) is 0 Å². The van der Waals surface area contributed by atoms with Crippen LogP contribution in [0.4, 0.5) is 11.4 Å². The second-order valence-electron chi connectivity index (χ2n) is 5.18. The number of sulfone groups is 1. The van der Waals surface area contributed by atoms with Gasteiger partial charge in [0.15, 0.2) is 9.84 Å². The van der Waals surface area contributed by atoms with Crippen LogP contribution in [-0.2, 0) is 14.6 Å². The van der Waals surface area contributed by atoms with E-state index < -0.39 is 15.4 Å². The normalized spacial score (nSPS) is 18.7. The van der Waals surface area contributed by atoms with E-state index in [2.05, 4.69) is 5.32 Å². The lowest BCUT2D eigenvalue weighted by atomic mass is 9.94. The minimum absolute atomic E-state index is 0.0986. The first kappa shape index (κ1) is 15.1. The van der Waals surface area contributed by atoms with E-state index in [1.165, 1.54) is 6.07 Å². The van der Waals surface area contributed by atoms with Crippen LogP contribution in [-0.4, -0.2) is 45.1 Å². The van der Waals surface area contributed by atoms with Gasteiger partial charge in [0.2, 0.25) is 0 Å². The summed E-state index contributed by atoms with van der Waals surface area (Å²) in [6.07, 6.45) is 2.21. The molecule has 1 heterocycles. The topological polar surface area (TPSA) is 102 Å². The predicted octanol–water partition coefficient (Wildman–Crippen LogP) is 0.626. The molecule has 1 aromatic rings. The third-order valence-corrected chi connectivity index (χ3v) is 4.65. The van der Waals surface area contributed by atoms with Gasteiger partial charge in [0.1, 0.15) is 0 Å². The highest BCUT2D eigenvalue weighted by molar-refractivity contribution is 7.90. The molecule has 20 heavy (non-hydrogen) atoms. The van der Waals surface area contributed by atoms with E-state index in [0.29, 0.717) is 38.3 Å². The number of nitrogens with one attached hydrogen (secondary N) is 1. The van der Waals surface area contributed by atoms with Crippen LogP contribution in [0.1, 0.15) is 12.8 Å². The number of aliphatic hydroxyl groups is 1. The van der Waals surface area contributed by atoms with E-state index in [1.807, 2.05) is 0 Å². The van der Waals surface area contributed by atoms with Gasteiger partial charge < -0.3 is 20.9 Å². The predicted molar refractivity (Wildman–Crippen MR) is 77.5 cm³/mol. The van der Waals surface area contributed by atoms with Gasteiger partial charge in [-0.15, -0.1) is 0 Å². The largest absolute Gasteiger partial charge is 0.396 e. The highest BCUT2D eigenvalue weighted by Gasteiger charge is 2.29.